The molecule has 0 N–H and O–H groups in total. The van der Waals surface area contributed by atoms with E-state index < -0.39 is 5.18 Å². The van der Waals surface area contributed by atoms with Crippen molar-refractivity contribution in [3.8, 4) is 0 Å². The number of hydrogen-bond acceptors (Lipinski definition) is 4. The molecule has 4 rings (SSSR count). The summed E-state index contributed by atoms with van der Waals surface area (Å²) in [6.07, 6.45) is 0.0358. The van der Waals surface area contributed by atoms with Gasteiger partial charge in [0, 0.05) is 23.7 Å². The zero-order chi connectivity index (χ0) is 15.7. The lowest BCUT2D eigenvalue weighted by molar-refractivity contribution is 0.0384. The summed E-state index contributed by atoms with van der Waals surface area (Å²) < 4.78 is 6.48. The van der Waals surface area contributed by atoms with Crippen LogP contribution in [0.25, 0.3) is 0 Å². The molecule has 5 heteroatoms. The minimum absolute atomic E-state index is 0.0358. The van der Waals surface area contributed by atoms with Crippen LogP contribution in [-0.4, -0.2) is 36.0 Å². The molecule has 2 saturated heterocycles. The summed E-state index contributed by atoms with van der Waals surface area (Å²) in [4.78, 5) is 4.71. The molecular formula is C18H19ClN2OS. The van der Waals surface area contributed by atoms with Crippen molar-refractivity contribution >= 4 is 34.7 Å². The van der Waals surface area contributed by atoms with Crippen molar-refractivity contribution in [1.29, 1.82) is 0 Å². The van der Waals surface area contributed by atoms with E-state index in [2.05, 4.69) is 58.3 Å². The average molecular weight is 347 g/mol. The second kappa shape index (κ2) is 6.27. The zero-order valence-electron chi connectivity index (χ0n) is 12.8. The molecule has 0 radical (unpaired) electrons. The molecule has 0 bridgehead atoms. The third-order valence-corrected chi connectivity index (χ3v) is 5.95. The highest BCUT2D eigenvalue weighted by molar-refractivity contribution is 8.01. The Kier molecular flexibility index (Phi) is 4.14. The number of rotatable bonds is 3. The molecule has 2 aromatic rings. The van der Waals surface area contributed by atoms with Gasteiger partial charge in [-0.25, -0.2) is 0 Å². The smallest absolute Gasteiger partial charge is 0.274 e. The monoisotopic (exact) mass is 346 g/mol. The standard InChI is InChI=1S/C18H19ClN2OS/c19-13-17-14-21(16-9-5-2-6-10-16)18(22-17)20(11-12-23-18)15-7-3-1-4-8-15/h1-10,17H,11-14H2. The van der Waals surface area contributed by atoms with E-state index in [-0.39, 0.29) is 6.10 Å². The van der Waals surface area contributed by atoms with E-state index in [0.717, 1.165) is 18.8 Å². The number of nitrogens with zero attached hydrogens (tertiary/aromatic N) is 2. The molecule has 2 atom stereocenters. The summed E-state index contributed by atoms with van der Waals surface area (Å²) in [5.74, 6) is 1.54. The molecule has 2 aliphatic heterocycles. The van der Waals surface area contributed by atoms with E-state index >= 15 is 0 Å². The van der Waals surface area contributed by atoms with E-state index in [0.29, 0.717) is 5.88 Å². The lowest BCUT2D eigenvalue weighted by Gasteiger charge is -2.41. The molecule has 0 aliphatic carbocycles. The summed E-state index contributed by atoms with van der Waals surface area (Å²) in [6, 6.07) is 21.0. The van der Waals surface area contributed by atoms with Gasteiger partial charge in [0.25, 0.3) is 5.18 Å². The van der Waals surface area contributed by atoms with Crippen molar-refractivity contribution in [3.05, 3.63) is 60.7 Å². The number of halogens is 1. The number of benzene rings is 2. The highest BCUT2D eigenvalue weighted by atomic mass is 35.5. The number of thioether (sulfide) groups is 1. The largest absolute Gasteiger partial charge is 0.323 e. The van der Waals surface area contributed by atoms with Crippen LogP contribution in [0.4, 0.5) is 11.4 Å². The molecule has 2 unspecified atom stereocenters. The first kappa shape index (κ1) is 15.2. The Morgan fingerprint density at radius 3 is 2.22 bits per heavy atom. The number of ether oxygens (including phenoxy) is 1. The zero-order valence-corrected chi connectivity index (χ0v) is 14.3. The van der Waals surface area contributed by atoms with Gasteiger partial charge in [0.2, 0.25) is 0 Å². The predicted octanol–water partition coefficient (Wildman–Crippen LogP) is 4.00. The third kappa shape index (κ3) is 2.59. The molecule has 1 spiro atoms. The van der Waals surface area contributed by atoms with Gasteiger partial charge >= 0.3 is 0 Å². The highest BCUT2D eigenvalue weighted by Crippen LogP contribution is 2.48. The molecule has 2 fully saturated rings. The maximum absolute atomic E-state index is 6.48. The van der Waals surface area contributed by atoms with E-state index in [4.69, 9.17) is 16.3 Å². The van der Waals surface area contributed by atoms with Gasteiger partial charge < -0.3 is 14.5 Å². The van der Waals surface area contributed by atoms with E-state index in [1.807, 2.05) is 23.9 Å². The minimum Gasteiger partial charge on any atom is -0.323 e. The molecule has 2 aromatic carbocycles. The topological polar surface area (TPSA) is 15.7 Å². The Morgan fingerprint density at radius 2 is 1.61 bits per heavy atom. The number of alkyl halides is 1. The summed E-state index contributed by atoms with van der Waals surface area (Å²) in [5, 5.41) is -0.498. The number of hydrogen-bond donors (Lipinski definition) is 0. The number of anilines is 2. The fraction of sp³-hybridized carbons (Fsp3) is 0.333. The molecule has 0 aromatic heterocycles. The van der Waals surface area contributed by atoms with Crippen LogP contribution in [0.1, 0.15) is 0 Å². The van der Waals surface area contributed by atoms with Crippen molar-refractivity contribution in [2.45, 2.75) is 11.3 Å². The summed E-state index contributed by atoms with van der Waals surface area (Å²) in [5.41, 5.74) is 2.36. The molecule has 23 heavy (non-hydrogen) atoms. The first-order valence-corrected chi connectivity index (χ1v) is 9.38. The quantitative estimate of drug-likeness (QED) is 0.780. The number of para-hydroxylation sites is 2. The fourth-order valence-electron chi connectivity index (χ4n) is 3.30. The van der Waals surface area contributed by atoms with E-state index in [9.17, 15) is 0 Å². The Bertz CT molecular complexity index is 657. The Labute approximate surface area is 146 Å². The van der Waals surface area contributed by atoms with Crippen molar-refractivity contribution in [3.63, 3.8) is 0 Å². The average Bonchev–Trinajstić information content (AvgIpc) is 3.21. The lowest BCUT2D eigenvalue weighted by Crippen LogP contribution is -2.53. The van der Waals surface area contributed by atoms with Gasteiger partial charge in [-0.05, 0) is 24.3 Å². The fourth-order valence-corrected chi connectivity index (χ4v) is 4.90. The second-order valence-corrected chi connectivity index (χ2v) is 7.26. The van der Waals surface area contributed by atoms with Crippen LogP contribution in [0.15, 0.2) is 60.7 Å². The Hall–Kier alpha value is -1.36. The first-order valence-electron chi connectivity index (χ1n) is 7.86. The molecule has 3 nitrogen and oxygen atoms in total. The van der Waals surface area contributed by atoms with Gasteiger partial charge in [-0.2, -0.15) is 0 Å². The SMILES string of the molecule is ClCC1CN(c2ccccc2)C2(O1)SCCN2c1ccccc1. The van der Waals surface area contributed by atoms with E-state index in [1.165, 1.54) is 11.4 Å². The van der Waals surface area contributed by atoms with Crippen LogP contribution in [0.3, 0.4) is 0 Å². The molecule has 2 heterocycles. The predicted molar refractivity (Wildman–Crippen MR) is 98.4 cm³/mol. The molecule has 120 valence electrons. The first-order chi connectivity index (χ1) is 11.3. The van der Waals surface area contributed by atoms with Crippen LogP contribution in [-0.2, 0) is 4.74 Å². The van der Waals surface area contributed by atoms with Gasteiger partial charge in [-0.3, -0.25) is 0 Å². The molecular weight excluding hydrogens is 328 g/mol. The van der Waals surface area contributed by atoms with Crippen molar-refractivity contribution < 1.29 is 4.74 Å². The Morgan fingerprint density at radius 1 is 1.00 bits per heavy atom. The third-order valence-electron chi connectivity index (χ3n) is 4.30. The van der Waals surface area contributed by atoms with Crippen LogP contribution >= 0.6 is 23.4 Å². The lowest BCUT2D eigenvalue weighted by atomic mass is 10.2. The molecule has 0 amide bonds. The maximum atomic E-state index is 6.48. The van der Waals surface area contributed by atoms with Crippen molar-refractivity contribution in [2.24, 2.45) is 0 Å². The van der Waals surface area contributed by atoms with E-state index in [1.54, 1.807) is 0 Å². The molecule has 2 aliphatic rings. The summed E-state index contributed by atoms with van der Waals surface area (Å²) in [7, 11) is 0. The van der Waals surface area contributed by atoms with Crippen LogP contribution in [0.5, 0.6) is 0 Å². The normalized spacial score (nSPS) is 27.1. The van der Waals surface area contributed by atoms with Gasteiger partial charge in [-0.1, -0.05) is 48.2 Å². The summed E-state index contributed by atoms with van der Waals surface area (Å²) in [6.45, 7) is 1.77. The highest BCUT2D eigenvalue weighted by Gasteiger charge is 2.54. The maximum Gasteiger partial charge on any atom is 0.274 e. The van der Waals surface area contributed by atoms with Gasteiger partial charge in [-0.15, -0.1) is 11.6 Å². The van der Waals surface area contributed by atoms with Crippen molar-refractivity contribution in [1.82, 2.24) is 0 Å². The molecule has 0 saturated carbocycles. The van der Waals surface area contributed by atoms with Crippen molar-refractivity contribution in [2.75, 3.05) is 34.5 Å². The van der Waals surface area contributed by atoms with Crippen LogP contribution < -0.4 is 9.80 Å². The summed E-state index contributed by atoms with van der Waals surface area (Å²) >= 11 is 7.98. The van der Waals surface area contributed by atoms with Crippen LogP contribution in [0, 0.1) is 0 Å². The Balaban J connectivity index is 1.76. The second-order valence-electron chi connectivity index (χ2n) is 5.72. The van der Waals surface area contributed by atoms with Gasteiger partial charge in [0.15, 0.2) is 0 Å². The minimum atomic E-state index is -0.498. The van der Waals surface area contributed by atoms with Gasteiger partial charge in [0.05, 0.1) is 18.5 Å². The van der Waals surface area contributed by atoms with Gasteiger partial charge in [0.1, 0.15) is 0 Å². The van der Waals surface area contributed by atoms with Crippen LogP contribution in [0.2, 0.25) is 0 Å².